The number of hydrogen-bond acceptors (Lipinski definition) is 9. The zero-order valence-electron chi connectivity index (χ0n) is 24.7. The molecule has 1 unspecified atom stereocenters. The minimum Gasteiger partial charge on any atom is -0.496 e. The third-order valence-corrected chi connectivity index (χ3v) is 11.3. The summed E-state index contributed by atoms with van der Waals surface area (Å²) in [7, 11) is -3.13. The van der Waals surface area contributed by atoms with Crippen molar-refractivity contribution in [1.29, 1.82) is 0 Å². The molecule has 0 amide bonds. The van der Waals surface area contributed by atoms with Crippen LogP contribution in [0, 0.1) is 5.92 Å². The van der Waals surface area contributed by atoms with Crippen molar-refractivity contribution < 1.29 is 55.8 Å². The first-order valence-electron chi connectivity index (χ1n) is 14.2. The van der Waals surface area contributed by atoms with Crippen LogP contribution in [0.1, 0.15) is 40.4 Å². The molecule has 11 nitrogen and oxygen atoms in total. The molecule has 2 fully saturated rings. The van der Waals surface area contributed by atoms with Gasteiger partial charge in [-0.15, -0.1) is 11.8 Å². The van der Waals surface area contributed by atoms with Gasteiger partial charge in [0.05, 0.1) is 18.6 Å². The first kappa shape index (κ1) is 35.0. The molecule has 0 bridgehead atoms. The summed E-state index contributed by atoms with van der Waals surface area (Å²) in [6, 6.07) is 7.51. The first-order chi connectivity index (χ1) is 22.4. The van der Waals surface area contributed by atoms with E-state index in [1.54, 1.807) is 0 Å². The molecule has 0 radical (unpaired) electrons. The van der Waals surface area contributed by atoms with Gasteiger partial charge in [-0.1, -0.05) is 29.3 Å². The maximum absolute atomic E-state index is 13.8. The van der Waals surface area contributed by atoms with Crippen LogP contribution in [-0.4, -0.2) is 67.8 Å². The predicted molar refractivity (Wildman–Crippen MR) is 167 cm³/mol. The molecule has 1 aliphatic heterocycles. The van der Waals surface area contributed by atoms with Crippen LogP contribution < -0.4 is 19.2 Å². The molecule has 2 N–H and O–H groups in total. The molecule has 47 heavy (non-hydrogen) atoms. The Morgan fingerprint density at radius 3 is 2.43 bits per heavy atom. The Bertz CT molecular complexity index is 1740. The number of benzene rings is 2. The molecule has 252 valence electrons. The number of thioether (sulfide) groups is 1. The zero-order chi connectivity index (χ0) is 33.9. The smallest absolute Gasteiger partial charge is 0.387 e. The number of sulfonamides is 1. The van der Waals surface area contributed by atoms with Crippen LogP contribution in [0.5, 0.6) is 17.2 Å². The number of esters is 1. The minimum absolute atomic E-state index is 0.0162. The Hall–Kier alpha value is -3.37. The Kier molecular flexibility index (Phi) is 11.0. The predicted octanol–water partition coefficient (Wildman–Crippen LogP) is 5.50. The number of carbonyl (C=O) groups excluding carboxylic acids is 1. The van der Waals surface area contributed by atoms with Crippen LogP contribution in [0.2, 0.25) is 10.0 Å². The highest BCUT2D eigenvalue weighted by Crippen LogP contribution is 2.39. The molecule has 1 saturated heterocycles. The number of halogens is 4. The maximum atomic E-state index is 13.8. The van der Waals surface area contributed by atoms with Crippen LogP contribution in [0.4, 0.5) is 8.78 Å². The second-order valence-corrected chi connectivity index (χ2v) is 14.5. The van der Waals surface area contributed by atoms with Crippen molar-refractivity contribution in [3.8, 4) is 17.2 Å². The Morgan fingerprint density at radius 2 is 1.79 bits per heavy atom. The number of pyridine rings is 1. The van der Waals surface area contributed by atoms with Crippen LogP contribution in [0.15, 0.2) is 53.7 Å². The lowest BCUT2D eigenvalue weighted by molar-refractivity contribution is -0.377. The lowest BCUT2D eigenvalue weighted by atomic mass is 10.0. The summed E-state index contributed by atoms with van der Waals surface area (Å²) in [4.78, 5) is 28.0. The number of carboxylic acids is 1. The highest BCUT2D eigenvalue weighted by Gasteiger charge is 2.42. The second-order valence-electron chi connectivity index (χ2n) is 10.6. The molecular formula is C30H29Cl2F2N2O9S2+. The molecule has 1 saturated carbocycles. The summed E-state index contributed by atoms with van der Waals surface area (Å²) in [5.41, 5.74) is 0.359. The second kappa shape index (κ2) is 14.8. The average Bonchev–Trinajstić information content (AvgIpc) is 3.72. The van der Waals surface area contributed by atoms with E-state index < -0.39 is 40.1 Å². The first-order valence-corrected chi connectivity index (χ1v) is 17.4. The van der Waals surface area contributed by atoms with Crippen molar-refractivity contribution in [2.24, 2.45) is 5.92 Å². The molecule has 2 aromatic carbocycles. The molecule has 0 spiro atoms. The fraction of sp³-hybridized carbons (Fsp3) is 0.367. The largest absolute Gasteiger partial charge is 0.496 e. The van der Waals surface area contributed by atoms with Crippen LogP contribution in [0.25, 0.3) is 0 Å². The standard InChI is InChI=1S/C30H28Cl2F2N2O9S2/c1-42-23-7-5-18(11-20(23)28(37)38)47(40,41)36-8-9-46-27(36)29(39)44-25(12-19-21(31)13-35-14-22(19)32)17-4-6-24(45-30(33)34)26(10-17)43-15-16-2-3-16/h4-7,10-11,13-14,16,25,27,30H,2-3,8-9,12,15H2,1H3,(H,37,38)/p+1/t25-,27?/m0/s1. The van der Waals surface area contributed by atoms with Crippen LogP contribution >= 0.6 is 35.0 Å². The Balaban J connectivity index is 1.47. The van der Waals surface area contributed by atoms with E-state index in [2.05, 4.69) is 9.72 Å². The number of ether oxygens (including phenoxy) is 4. The van der Waals surface area contributed by atoms with E-state index in [1.165, 1.54) is 49.8 Å². The van der Waals surface area contributed by atoms with E-state index in [9.17, 15) is 31.9 Å². The molecule has 1 aromatic heterocycles. The van der Waals surface area contributed by atoms with Gasteiger partial charge in [0.2, 0.25) is 10.0 Å². The number of carboxylic acid groups (broad SMARTS) is 1. The highest BCUT2D eigenvalue weighted by atomic mass is 35.5. The van der Waals surface area contributed by atoms with Gasteiger partial charge in [-0.3, -0.25) is 0 Å². The van der Waals surface area contributed by atoms with E-state index in [-0.39, 0.29) is 69.0 Å². The van der Waals surface area contributed by atoms with Gasteiger partial charge in [0.1, 0.15) is 27.5 Å². The summed E-state index contributed by atoms with van der Waals surface area (Å²) in [5.74, 6) is -2.00. The number of carbonyl (C=O) groups is 2. The van der Waals surface area contributed by atoms with Crippen molar-refractivity contribution in [1.82, 2.24) is 4.31 Å². The fourth-order valence-electron chi connectivity index (χ4n) is 4.84. The number of methoxy groups -OCH3 is 1. The average molecular weight is 735 g/mol. The van der Waals surface area contributed by atoms with Crippen molar-refractivity contribution in [3.05, 3.63) is 75.5 Å². The summed E-state index contributed by atoms with van der Waals surface area (Å²) < 4.78 is 76.1. The van der Waals surface area contributed by atoms with Gasteiger partial charge >= 0.3 is 18.6 Å². The van der Waals surface area contributed by atoms with E-state index >= 15 is 0 Å². The number of nitrogens with one attached hydrogen (secondary N) is 1. The minimum atomic E-state index is -4.38. The van der Waals surface area contributed by atoms with Crippen molar-refractivity contribution in [3.63, 3.8) is 0 Å². The summed E-state index contributed by atoms with van der Waals surface area (Å²) in [5, 5.41) is 8.69. The number of hydrogen-bond donors (Lipinski definition) is 1. The number of rotatable bonds is 14. The monoisotopic (exact) mass is 733 g/mol. The van der Waals surface area contributed by atoms with Crippen LogP contribution in [0.3, 0.4) is 0 Å². The molecular weight excluding hydrogens is 705 g/mol. The van der Waals surface area contributed by atoms with Gasteiger partial charge in [0, 0.05) is 24.3 Å². The molecule has 3 aromatic rings. The molecule has 17 heteroatoms. The highest BCUT2D eigenvalue weighted by molar-refractivity contribution is 8.02. The van der Waals surface area contributed by atoms with E-state index in [0.717, 1.165) is 35.0 Å². The number of aromatic amines is 1. The van der Waals surface area contributed by atoms with Crippen LogP contribution in [-0.2, 0) is 26.0 Å². The summed E-state index contributed by atoms with van der Waals surface area (Å²) >= 11 is 13.8. The normalized spacial score (nSPS) is 17.4. The molecule has 5 rings (SSSR count). The van der Waals surface area contributed by atoms with E-state index in [1.807, 2.05) is 0 Å². The molecule has 2 aliphatic rings. The maximum Gasteiger partial charge on any atom is 0.387 e. The van der Waals surface area contributed by atoms with Gasteiger partial charge in [-0.25, -0.2) is 23.0 Å². The van der Waals surface area contributed by atoms with Crippen molar-refractivity contribution in [2.75, 3.05) is 26.0 Å². The van der Waals surface area contributed by atoms with Crippen molar-refractivity contribution >= 4 is 56.9 Å². The number of aromatic carboxylic acids is 1. The van der Waals surface area contributed by atoms with E-state index in [0.29, 0.717) is 11.1 Å². The lowest BCUT2D eigenvalue weighted by Gasteiger charge is -2.26. The summed E-state index contributed by atoms with van der Waals surface area (Å²) in [6.45, 7) is -2.89. The van der Waals surface area contributed by atoms with Gasteiger partial charge in [0.15, 0.2) is 29.3 Å². The lowest BCUT2D eigenvalue weighted by Crippen LogP contribution is -2.40. The Morgan fingerprint density at radius 1 is 1.09 bits per heavy atom. The number of alkyl halides is 2. The van der Waals surface area contributed by atoms with Gasteiger partial charge in [-0.05, 0) is 54.7 Å². The molecule has 2 heterocycles. The van der Waals surface area contributed by atoms with Gasteiger partial charge in [-0.2, -0.15) is 13.1 Å². The zero-order valence-corrected chi connectivity index (χ0v) is 27.8. The van der Waals surface area contributed by atoms with E-state index in [4.69, 9.17) is 37.4 Å². The third-order valence-electron chi connectivity index (χ3n) is 7.43. The number of aromatic nitrogens is 1. The van der Waals surface area contributed by atoms with Gasteiger partial charge in [0.25, 0.3) is 0 Å². The van der Waals surface area contributed by atoms with Crippen molar-refractivity contribution in [2.45, 2.75) is 42.2 Å². The number of nitrogens with zero attached hydrogens (tertiary/aromatic N) is 1. The quantitative estimate of drug-likeness (QED) is 0.211. The molecule has 1 aliphatic carbocycles. The topological polar surface area (TPSA) is 143 Å². The molecule has 2 atom stereocenters. The SMILES string of the molecule is COc1ccc(S(=O)(=O)N2CCSC2C(=O)O[C@@H](Cc2c(Cl)c[nH+]cc2Cl)c2ccc(OC(F)F)c(OCC3CC3)c2)cc1C(=O)O. The summed E-state index contributed by atoms with van der Waals surface area (Å²) in [6.07, 6.45) is 3.65. The Labute approximate surface area is 283 Å². The third kappa shape index (κ3) is 8.20. The number of H-pyrrole nitrogens is 1. The van der Waals surface area contributed by atoms with Gasteiger partial charge < -0.3 is 24.1 Å². The fourth-order valence-corrected chi connectivity index (χ4v) is 8.45.